The summed E-state index contributed by atoms with van der Waals surface area (Å²) in [6.45, 7) is 2.12. The second-order valence-corrected chi connectivity index (χ2v) is 7.06. The summed E-state index contributed by atoms with van der Waals surface area (Å²) in [5.41, 5.74) is 2.21. The molecule has 0 aliphatic heterocycles. The number of nitrogens with zero attached hydrogens (tertiary/aromatic N) is 1. The molecule has 21 heavy (non-hydrogen) atoms. The standard InChI is InChI=1S/C14H19N3O3S/c1-10-5-4-6-11-9-12(14(18)16-13(10)11)7-8-15-21(19,20)17(2)3/h4-6,9,15H,7-8H2,1-3H3,(H,16,18). The first-order valence-electron chi connectivity index (χ1n) is 6.60. The van der Waals surface area contributed by atoms with E-state index in [1.807, 2.05) is 31.2 Å². The molecular formula is C14H19N3O3S. The number of rotatable bonds is 5. The van der Waals surface area contributed by atoms with Crippen LogP contribution in [0.25, 0.3) is 10.9 Å². The highest BCUT2D eigenvalue weighted by Crippen LogP contribution is 2.15. The topological polar surface area (TPSA) is 82.3 Å². The molecule has 0 radical (unpaired) electrons. The van der Waals surface area contributed by atoms with Crippen LogP contribution in [0.15, 0.2) is 29.1 Å². The Bertz CT molecular complexity index is 810. The van der Waals surface area contributed by atoms with Crippen LogP contribution in [0.5, 0.6) is 0 Å². The molecule has 2 aromatic rings. The third kappa shape index (κ3) is 3.49. The summed E-state index contributed by atoms with van der Waals surface area (Å²) in [6.07, 6.45) is 0.340. The Kier molecular flexibility index (Phi) is 4.46. The molecule has 0 aliphatic carbocycles. The number of aryl methyl sites for hydroxylation is 1. The predicted molar refractivity (Wildman–Crippen MR) is 83.6 cm³/mol. The van der Waals surface area contributed by atoms with E-state index in [1.165, 1.54) is 14.1 Å². The molecule has 6 nitrogen and oxygen atoms in total. The third-order valence-corrected chi connectivity index (χ3v) is 4.85. The van der Waals surface area contributed by atoms with Gasteiger partial charge in [0.05, 0.1) is 5.52 Å². The Hall–Kier alpha value is -1.70. The number of H-pyrrole nitrogens is 1. The van der Waals surface area contributed by atoms with E-state index < -0.39 is 10.2 Å². The number of aromatic nitrogens is 1. The summed E-state index contributed by atoms with van der Waals surface area (Å²) in [5, 5.41) is 0.945. The van der Waals surface area contributed by atoms with Crippen molar-refractivity contribution in [1.29, 1.82) is 0 Å². The minimum atomic E-state index is -3.46. The van der Waals surface area contributed by atoms with Crippen molar-refractivity contribution in [3.8, 4) is 0 Å². The van der Waals surface area contributed by atoms with Crippen LogP contribution < -0.4 is 10.3 Å². The van der Waals surface area contributed by atoms with Gasteiger partial charge in [0.15, 0.2) is 0 Å². The molecule has 0 saturated carbocycles. The molecule has 0 fully saturated rings. The van der Waals surface area contributed by atoms with Gasteiger partial charge in [-0.05, 0) is 30.4 Å². The van der Waals surface area contributed by atoms with Crippen LogP contribution in [-0.4, -0.2) is 38.3 Å². The van der Waals surface area contributed by atoms with Gasteiger partial charge in [-0.25, -0.2) is 4.72 Å². The maximum Gasteiger partial charge on any atom is 0.278 e. The molecule has 2 rings (SSSR count). The summed E-state index contributed by atoms with van der Waals surface area (Å²) in [5.74, 6) is 0. The maximum absolute atomic E-state index is 12.0. The molecular weight excluding hydrogens is 290 g/mol. The predicted octanol–water partition coefficient (Wildman–Crippen LogP) is 0.775. The minimum absolute atomic E-state index is 0.180. The third-order valence-electron chi connectivity index (χ3n) is 3.32. The molecule has 114 valence electrons. The van der Waals surface area contributed by atoms with Crippen LogP contribution in [0.3, 0.4) is 0 Å². The highest BCUT2D eigenvalue weighted by Gasteiger charge is 2.12. The summed E-state index contributed by atoms with van der Waals surface area (Å²) < 4.78 is 26.7. The number of fused-ring (bicyclic) bond motifs is 1. The molecule has 0 aliphatic rings. The second kappa shape index (κ2) is 5.97. The monoisotopic (exact) mass is 309 g/mol. The van der Waals surface area contributed by atoms with Gasteiger partial charge in [0.1, 0.15) is 0 Å². The zero-order valence-electron chi connectivity index (χ0n) is 12.3. The lowest BCUT2D eigenvalue weighted by atomic mass is 10.1. The summed E-state index contributed by atoms with van der Waals surface area (Å²) >= 11 is 0. The molecule has 0 amide bonds. The first-order chi connectivity index (χ1) is 9.81. The fourth-order valence-electron chi connectivity index (χ4n) is 2.06. The number of pyridine rings is 1. The van der Waals surface area contributed by atoms with Crippen LogP contribution in [0.4, 0.5) is 0 Å². The van der Waals surface area contributed by atoms with Crippen LogP contribution in [0.2, 0.25) is 0 Å². The normalized spacial score (nSPS) is 12.2. The molecule has 0 spiro atoms. The van der Waals surface area contributed by atoms with Gasteiger partial charge in [-0.15, -0.1) is 0 Å². The van der Waals surface area contributed by atoms with Crippen LogP contribution in [0, 0.1) is 6.92 Å². The smallest absolute Gasteiger partial charge is 0.278 e. The lowest BCUT2D eigenvalue weighted by molar-refractivity contribution is 0.506. The van der Waals surface area contributed by atoms with E-state index in [0.29, 0.717) is 12.0 Å². The number of hydrogen-bond acceptors (Lipinski definition) is 3. The van der Waals surface area contributed by atoms with Gasteiger partial charge in [-0.2, -0.15) is 12.7 Å². The molecule has 0 unspecified atom stereocenters. The van der Waals surface area contributed by atoms with Gasteiger partial charge < -0.3 is 4.98 Å². The van der Waals surface area contributed by atoms with E-state index in [-0.39, 0.29) is 12.1 Å². The van der Waals surface area contributed by atoms with E-state index in [1.54, 1.807) is 0 Å². The van der Waals surface area contributed by atoms with E-state index in [9.17, 15) is 13.2 Å². The van der Waals surface area contributed by atoms with E-state index in [4.69, 9.17) is 0 Å². The fourth-order valence-corrected chi connectivity index (χ4v) is 2.68. The average molecular weight is 309 g/mol. The summed E-state index contributed by atoms with van der Waals surface area (Å²) in [4.78, 5) is 14.9. The van der Waals surface area contributed by atoms with Gasteiger partial charge in [-0.1, -0.05) is 18.2 Å². The Morgan fingerprint density at radius 3 is 2.67 bits per heavy atom. The van der Waals surface area contributed by atoms with E-state index >= 15 is 0 Å². The van der Waals surface area contributed by atoms with Crippen LogP contribution in [-0.2, 0) is 16.6 Å². The molecule has 7 heteroatoms. The SMILES string of the molecule is Cc1cccc2cc(CCNS(=O)(=O)N(C)C)c(=O)[nH]c12. The Morgan fingerprint density at radius 1 is 1.29 bits per heavy atom. The summed E-state index contributed by atoms with van der Waals surface area (Å²) in [6, 6.07) is 7.59. The number of para-hydroxylation sites is 1. The summed E-state index contributed by atoms with van der Waals surface area (Å²) in [7, 11) is -0.555. The van der Waals surface area contributed by atoms with E-state index in [0.717, 1.165) is 20.8 Å². The lowest BCUT2D eigenvalue weighted by Crippen LogP contribution is -2.37. The van der Waals surface area contributed by atoms with Crippen molar-refractivity contribution in [2.45, 2.75) is 13.3 Å². The van der Waals surface area contributed by atoms with Crippen LogP contribution >= 0.6 is 0 Å². The van der Waals surface area contributed by atoms with Gasteiger partial charge >= 0.3 is 0 Å². The average Bonchev–Trinajstić information content (AvgIpc) is 2.40. The zero-order chi connectivity index (χ0) is 15.6. The lowest BCUT2D eigenvalue weighted by Gasteiger charge is -2.12. The zero-order valence-corrected chi connectivity index (χ0v) is 13.1. The molecule has 2 N–H and O–H groups in total. The van der Waals surface area contributed by atoms with Gasteiger partial charge in [0.2, 0.25) is 0 Å². The van der Waals surface area contributed by atoms with Crippen molar-refractivity contribution in [3.05, 3.63) is 45.7 Å². The number of nitrogens with one attached hydrogen (secondary N) is 2. The number of hydrogen-bond donors (Lipinski definition) is 2. The Morgan fingerprint density at radius 2 is 2.00 bits per heavy atom. The Balaban J connectivity index is 2.20. The van der Waals surface area contributed by atoms with Crippen molar-refractivity contribution < 1.29 is 8.42 Å². The molecule has 1 aromatic carbocycles. The highest BCUT2D eigenvalue weighted by molar-refractivity contribution is 7.87. The molecule has 0 atom stereocenters. The van der Waals surface area contributed by atoms with Gasteiger partial charge in [0.25, 0.3) is 15.8 Å². The molecule has 0 saturated heterocycles. The quantitative estimate of drug-likeness (QED) is 0.856. The van der Waals surface area contributed by atoms with E-state index in [2.05, 4.69) is 9.71 Å². The Labute approximate surface area is 124 Å². The minimum Gasteiger partial charge on any atom is -0.321 e. The molecule has 1 aromatic heterocycles. The van der Waals surface area contributed by atoms with Gasteiger partial charge in [0, 0.05) is 26.2 Å². The highest BCUT2D eigenvalue weighted by atomic mass is 32.2. The number of benzene rings is 1. The first-order valence-corrected chi connectivity index (χ1v) is 8.04. The van der Waals surface area contributed by atoms with Gasteiger partial charge in [-0.3, -0.25) is 4.79 Å². The second-order valence-electron chi connectivity index (χ2n) is 5.09. The van der Waals surface area contributed by atoms with Crippen molar-refractivity contribution in [1.82, 2.24) is 14.0 Å². The molecule has 1 heterocycles. The fraction of sp³-hybridized carbons (Fsp3) is 0.357. The first kappa shape index (κ1) is 15.7. The van der Waals surface area contributed by atoms with Crippen molar-refractivity contribution >= 4 is 21.1 Å². The largest absolute Gasteiger partial charge is 0.321 e. The maximum atomic E-state index is 12.0. The van der Waals surface area contributed by atoms with Crippen molar-refractivity contribution in [2.75, 3.05) is 20.6 Å². The molecule has 0 bridgehead atoms. The van der Waals surface area contributed by atoms with Crippen molar-refractivity contribution in [3.63, 3.8) is 0 Å². The van der Waals surface area contributed by atoms with Crippen molar-refractivity contribution in [2.24, 2.45) is 0 Å². The number of aromatic amines is 1. The van der Waals surface area contributed by atoms with Crippen LogP contribution in [0.1, 0.15) is 11.1 Å².